The molecule has 1 heterocycles. The Labute approximate surface area is 381 Å². The minimum absolute atomic E-state index is 0.00914. The van der Waals surface area contributed by atoms with E-state index in [-0.39, 0.29) is 30.0 Å². The maximum absolute atomic E-state index is 10.3. The van der Waals surface area contributed by atoms with Crippen LogP contribution in [0.5, 0.6) is 0 Å². The standard InChI is InChI=1S/C56H82O7/c1-38(19-15-21-40(3)25-33-48-44(7)27-31-46(55(48,9)10)29-23-42(5)35-57)17-13-14-18-39(2)20-16-22-41(4)26-34-49-45(8)28-32-47(56(49,11)12)30-24-43(6)37-62-54-53(61)52(60)51(59)50(36-58)63-54/h13-26,33-34,46-54,57-61H,7-8,27-32,35-37H2,1-6,9-12H3/b14-13+,19-15+,20-16+,33-25+,34-26+,38-17+,39-18+,40-21+,41-22+,42-23+,43-24+/t46-,47-,48+,49-,50+,51+,52-,53+,54+/m0/s1. The maximum Gasteiger partial charge on any atom is 0.187 e. The second-order valence-corrected chi connectivity index (χ2v) is 19.6. The van der Waals surface area contributed by atoms with Crippen LogP contribution in [0.15, 0.2) is 155 Å². The van der Waals surface area contributed by atoms with Gasteiger partial charge >= 0.3 is 0 Å². The molecule has 3 rings (SSSR count). The highest BCUT2D eigenvalue weighted by atomic mass is 16.7. The highest BCUT2D eigenvalue weighted by Gasteiger charge is 2.44. The average molecular weight is 867 g/mol. The van der Waals surface area contributed by atoms with E-state index in [4.69, 9.17) is 9.47 Å². The number of rotatable bonds is 19. The Bertz CT molecular complexity index is 1870. The van der Waals surface area contributed by atoms with E-state index < -0.39 is 37.3 Å². The maximum atomic E-state index is 10.3. The molecule has 5 N–H and O–H groups in total. The van der Waals surface area contributed by atoms with Gasteiger partial charge in [-0.15, -0.1) is 0 Å². The molecule has 0 radical (unpaired) electrons. The molecule has 348 valence electrons. The quantitative estimate of drug-likeness (QED) is 0.0648. The molecule has 1 aliphatic heterocycles. The normalized spacial score (nSPS) is 30.9. The number of allylic oxidation sites excluding steroid dienone is 22. The second-order valence-electron chi connectivity index (χ2n) is 19.6. The minimum atomic E-state index is -1.46. The van der Waals surface area contributed by atoms with E-state index in [0.29, 0.717) is 17.8 Å². The van der Waals surface area contributed by atoms with Gasteiger partial charge < -0.3 is 35.0 Å². The van der Waals surface area contributed by atoms with E-state index in [1.54, 1.807) is 0 Å². The predicted molar refractivity (Wildman–Crippen MR) is 263 cm³/mol. The zero-order valence-electron chi connectivity index (χ0n) is 40.3. The monoisotopic (exact) mass is 867 g/mol. The van der Waals surface area contributed by atoms with E-state index >= 15 is 0 Å². The summed E-state index contributed by atoms with van der Waals surface area (Å²) in [6.07, 6.45) is 34.3. The van der Waals surface area contributed by atoms with Gasteiger partial charge in [0.2, 0.25) is 0 Å². The van der Waals surface area contributed by atoms with Gasteiger partial charge in [-0.05, 0) is 103 Å². The van der Waals surface area contributed by atoms with Crippen molar-refractivity contribution < 1.29 is 35.0 Å². The smallest absolute Gasteiger partial charge is 0.187 e. The van der Waals surface area contributed by atoms with E-state index in [1.165, 1.54) is 27.9 Å². The Hall–Kier alpha value is -3.66. The van der Waals surface area contributed by atoms with Gasteiger partial charge in [-0.3, -0.25) is 0 Å². The van der Waals surface area contributed by atoms with E-state index in [9.17, 15) is 25.5 Å². The summed E-state index contributed by atoms with van der Waals surface area (Å²) in [5, 5.41) is 49.3. The van der Waals surface area contributed by atoms with Gasteiger partial charge in [-0.1, -0.05) is 183 Å². The van der Waals surface area contributed by atoms with Crippen molar-refractivity contribution in [1.29, 1.82) is 0 Å². The molecular weight excluding hydrogens is 785 g/mol. The zero-order chi connectivity index (χ0) is 46.9. The Kier molecular flexibility index (Phi) is 21.9. The van der Waals surface area contributed by atoms with Crippen molar-refractivity contribution in [2.45, 2.75) is 138 Å². The summed E-state index contributed by atoms with van der Waals surface area (Å²) >= 11 is 0. The van der Waals surface area contributed by atoms with Crippen molar-refractivity contribution in [3.8, 4) is 0 Å². The van der Waals surface area contributed by atoms with Crippen molar-refractivity contribution in [3.63, 3.8) is 0 Å². The van der Waals surface area contributed by atoms with Crippen LogP contribution in [0.1, 0.15) is 108 Å². The van der Waals surface area contributed by atoms with Gasteiger partial charge in [0.15, 0.2) is 6.29 Å². The Morgan fingerprint density at radius 1 is 0.619 bits per heavy atom. The molecule has 2 aliphatic carbocycles. The topological polar surface area (TPSA) is 120 Å². The van der Waals surface area contributed by atoms with Crippen molar-refractivity contribution in [1.82, 2.24) is 0 Å². The van der Waals surface area contributed by atoms with Crippen molar-refractivity contribution in [3.05, 3.63) is 155 Å². The van der Waals surface area contributed by atoms with Crippen molar-refractivity contribution in [2.75, 3.05) is 19.8 Å². The molecule has 3 fully saturated rings. The molecule has 0 aromatic rings. The van der Waals surface area contributed by atoms with Crippen molar-refractivity contribution in [2.24, 2.45) is 34.5 Å². The van der Waals surface area contributed by atoms with Crippen LogP contribution in [0.4, 0.5) is 0 Å². The van der Waals surface area contributed by atoms with Gasteiger partial charge in [-0.2, -0.15) is 0 Å². The summed E-state index contributed by atoms with van der Waals surface area (Å²) in [7, 11) is 0. The number of hydrogen-bond donors (Lipinski definition) is 5. The molecule has 3 aliphatic rings. The minimum Gasteiger partial charge on any atom is -0.394 e. The molecule has 0 bridgehead atoms. The third-order valence-electron chi connectivity index (χ3n) is 13.7. The first-order chi connectivity index (χ1) is 29.7. The fraction of sp³-hybridized carbons (Fsp3) is 0.536. The van der Waals surface area contributed by atoms with Crippen LogP contribution >= 0.6 is 0 Å². The van der Waals surface area contributed by atoms with E-state index in [0.717, 1.165) is 55.2 Å². The van der Waals surface area contributed by atoms with Gasteiger partial charge in [0, 0.05) is 11.8 Å². The number of hydrogen-bond acceptors (Lipinski definition) is 7. The third-order valence-corrected chi connectivity index (χ3v) is 13.7. The van der Waals surface area contributed by atoms with Gasteiger partial charge in [0.1, 0.15) is 24.4 Å². The van der Waals surface area contributed by atoms with Crippen LogP contribution in [-0.4, -0.2) is 76.1 Å². The largest absolute Gasteiger partial charge is 0.394 e. The lowest BCUT2D eigenvalue weighted by Crippen LogP contribution is -2.59. The first-order valence-corrected chi connectivity index (χ1v) is 23.0. The molecule has 2 saturated carbocycles. The molecule has 0 spiro atoms. The first kappa shape index (κ1) is 53.7. The Balaban J connectivity index is 1.50. The molecule has 7 nitrogen and oxygen atoms in total. The second kappa shape index (κ2) is 25.7. The van der Waals surface area contributed by atoms with Crippen molar-refractivity contribution >= 4 is 0 Å². The van der Waals surface area contributed by atoms with Gasteiger partial charge in [0.05, 0.1) is 19.8 Å². The number of aliphatic hydroxyl groups excluding tert-OH is 5. The van der Waals surface area contributed by atoms with Crippen LogP contribution in [0.25, 0.3) is 0 Å². The average Bonchev–Trinajstić information content (AvgIpc) is 3.22. The first-order valence-electron chi connectivity index (χ1n) is 23.0. The van der Waals surface area contributed by atoms with Crippen LogP contribution in [-0.2, 0) is 9.47 Å². The fourth-order valence-electron chi connectivity index (χ4n) is 9.01. The molecular formula is C56H82O7. The number of aliphatic hydroxyl groups is 5. The predicted octanol–water partition coefficient (Wildman–Crippen LogP) is 11.3. The third kappa shape index (κ3) is 16.4. The molecule has 9 atom stereocenters. The molecule has 0 aromatic heterocycles. The summed E-state index contributed by atoms with van der Waals surface area (Å²) in [5.74, 6) is 1.56. The summed E-state index contributed by atoms with van der Waals surface area (Å²) in [6.45, 7) is 30.5. The molecule has 1 saturated heterocycles. The molecule has 7 heteroatoms. The lowest BCUT2D eigenvalue weighted by atomic mass is 9.59. The summed E-state index contributed by atoms with van der Waals surface area (Å²) in [4.78, 5) is 0. The van der Waals surface area contributed by atoms with Crippen LogP contribution < -0.4 is 0 Å². The zero-order valence-corrected chi connectivity index (χ0v) is 40.3. The number of ether oxygens (including phenoxy) is 2. The lowest BCUT2D eigenvalue weighted by molar-refractivity contribution is -0.299. The van der Waals surface area contributed by atoms with Gasteiger partial charge in [-0.25, -0.2) is 0 Å². The summed E-state index contributed by atoms with van der Waals surface area (Å²) in [5.41, 5.74) is 9.39. The van der Waals surface area contributed by atoms with Gasteiger partial charge in [0.25, 0.3) is 0 Å². The van der Waals surface area contributed by atoms with E-state index in [1.807, 2.05) is 13.8 Å². The molecule has 0 unspecified atom stereocenters. The molecule has 0 aromatic carbocycles. The molecule has 0 amide bonds. The lowest BCUT2D eigenvalue weighted by Gasteiger charge is -2.45. The van der Waals surface area contributed by atoms with Crippen LogP contribution in [0, 0.1) is 34.5 Å². The SMILES string of the molecule is C=C1CC[C@H](C/C=C(\C)CO)C(C)(C)[C@@H]1/C=C/C(C)=C/C=C/C(C)=C/C=C/C=C(C)/C=C/C=C(C)/C=C/[C@H]1C(=C)CC[C@H](C/C=C(\C)CO[C@@H]2O[C@H](CO)[C@@H](O)[C@H](O)[C@H]2O)C1(C)C. The summed E-state index contributed by atoms with van der Waals surface area (Å²) in [6, 6.07) is 0. The fourth-order valence-corrected chi connectivity index (χ4v) is 9.01. The van der Waals surface area contributed by atoms with Crippen LogP contribution in [0.2, 0.25) is 0 Å². The summed E-state index contributed by atoms with van der Waals surface area (Å²) < 4.78 is 11.2. The Morgan fingerprint density at radius 2 is 1.05 bits per heavy atom. The molecule has 63 heavy (non-hydrogen) atoms. The highest BCUT2D eigenvalue weighted by Crippen LogP contribution is 2.50. The van der Waals surface area contributed by atoms with Crippen LogP contribution in [0.3, 0.4) is 0 Å². The highest BCUT2D eigenvalue weighted by molar-refractivity contribution is 5.33. The van der Waals surface area contributed by atoms with E-state index in [2.05, 4.69) is 166 Å². The Morgan fingerprint density at radius 3 is 1.49 bits per heavy atom.